The molecule has 0 radical (unpaired) electrons. The Hall–Kier alpha value is -3.27. The number of hydrogen-bond donors (Lipinski definition) is 1. The molecule has 35 heavy (non-hydrogen) atoms. The number of halogens is 4. The lowest BCUT2D eigenvalue weighted by Gasteiger charge is -2.29. The lowest BCUT2D eigenvalue weighted by molar-refractivity contribution is -0.137. The van der Waals surface area contributed by atoms with Crippen LogP contribution in [0.1, 0.15) is 25.0 Å². The first kappa shape index (κ1) is 24.8. The van der Waals surface area contributed by atoms with Crippen molar-refractivity contribution in [1.82, 2.24) is 0 Å². The van der Waals surface area contributed by atoms with Gasteiger partial charge in [-0.1, -0.05) is 0 Å². The van der Waals surface area contributed by atoms with Gasteiger partial charge in [0.15, 0.2) is 22.8 Å². The number of thiocarbonyl (C=S) groups is 1. The fraction of sp³-hybridized carbons (Fsp3) is 0.348. The standard InChI is InChI=1S/C23H19F4N3O4S/c1-22(2)20(32)29(13-4-3-12(9-28)15(7-13)23(25,26)27)21(35)30(22)14-5-6-18(16(24)8-14)34-19-11-33-10-17(19)31/h3-8,17,19,31H,10-11H2,1-2H3/t17-,19?/m0/s1. The van der Waals surface area contributed by atoms with Crippen LogP contribution in [0.2, 0.25) is 0 Å². The zero-order chi connectivity index (χ0) is 25.7. The van der Waals surface area contributed by atoms with Crippen molar-refractivity contribution < 1.29 is 36.9 Å². The smallest absolute Gasteiger partial charge is 0.417 e. The van der Waals surface area contributed by atoms with Gasteiger partial charge in [-0.2, -0.15) is 18.4 Å². The molecule has 2 aromatic rings. The SMILES string of the molecule is CC1(C)C(=O)N(c2ccc(C#N)c(C(F)(F)F)c2)C(=S)N1c1ccc(OC2COC[C@@H]2O)c(F)c1. The largest absolute Gasteiger partial charge is 0.482 e. The third-order valence-corrected chi connectivity index (χ3v) is 6.17. The molecule has 0 bridgehead atoms. The topological polar surface area (TPSA) is 86.0 Å². The van der Waals surface area contributed by atoms with Gasteiger partial charge in [-0.15, -0.1) is 0 Å². The van der Waals surface area contributed by atoms with Gasteiger partial charge < -0.3 is 19.5 Å². The first-order chi connectivity index (χ1) is 16.4. The summed E-state index contributed by atoms with van der Waals surface area (Å²) in [6.07, 6.45) is -6.47. The minimum absolute atomic E-state index is 0.0734. The van der Waals surface area contributed by atoms with E-state index in [2.05, 4.69) is 0 Å². The molecule has 0 aliphatic carbocycles. The molecule has 2 saturated heterocycles. The van der Waals surface area contributed by atoms with Crippen molar-refractivity contribution in [1.29, 1.82) is 5.26 Å². The third kappa shape index (κ3) is 4.31. The average Bonchev–Trinajstić information content (AvgIpc) is 3.26. The molecule has 2 heterocycles. The van der Waals surface area contributed by atoms with Gasteiger partial charge in [-0.25, -0.2) is 4.39 Å². The molecular formula is C23H19F4N3O4S. The summed E-state index contributed by atoms with van der Waals surface area (Å²) in [6, 6.07) is 8.19. The Morgan fingerprint density at radius 2 is 1.89 bits per heavy atom. The number of hydrogen-bond acceptors (Lipinski definition) is 6. The Labute approximate surface area is 203 Å². The van der Waals surface area contributed by atoms with Crippen LogP contribution in [-0.4, -0.2) is 47.1 Å². The average molecular weight is 509 g/mol. The maximum absolute atomic E-state index is 14.9. The summed E-state index contributed by atoms with van der Waals surface area (Å²) in [5, 5.41) is 18.7. The Bertz CT molecular complexity index is 1240. The van der Waals surface area contributed by atoms with Crippen molar-refractivity contribution in [3.8, 4) is 11.8 Å². The molecule has 0 saturated carbocycles. The molecule has 1 unspecified atom stereocenters. The number of anilines is 2. The van der Waals surface area contributed by atoms with E-state index >= 15 is 0 Å². The number of carbonyl (C=O) groups excluding carboxylic acids is 1. The normalized spacial score (nSPS) is 22.0. The van der Waals surface area contributed by atoms with E-state index in [1.807, 2.05) is 0 Å². The maximum Gasteiger partial charge on any atom is 0.417 e. The van der Waals surface area contributed by atoms with E-state index in [-0.39, 0.29) is 35.5 Å². The third-order valence-electron chi connectivity index (χ3n) is 5.81. The molecule has 1 amide bonds. The summed E-state index contributed by atoms with van der Waals surface area (Å²) in [5.74, 6) is -1.56. The number of aliphatic hydroxyl groups is 1. The Kier molecular flexibility index (Phi) is 6.21. The van der Waals surface area contributed by atoms with E-state index in [1.54, 1.807) is 0 Å². The molecule has 0 spiro atoms. The number of carbonyl (C=O) groups is 1. The molecule has 2 atom stereocenters. The van der Waals surface area contributed by atoms with Gasteiger partial charge in [0.05, 0.1) is 36.1 Å². The molecule has 1 N–H and O–H groups in total. The molecule has 2 aromatic carbocycles. The van der Waals surface area contributed by atoms with E-state index in [1.165, 1.54) is 43.0 Å². The molecule has 4 rings (SSSR count). The van der Waals surface area contributed by atoms with Gasteiger partial charge >= 0.3 is 6.18 Å². The monoisotopic (exact) mass is 509 g/mol. The van der Waals surface area contributed by atoms with Crippen molar-refractivity contribution in [2.45, 2.75) is 37.8 Å². The van der Waals surface area contributed by atoms with Crippen molar-refractivity contribution in [2.24, 2.45) is 0 Å². The van der Waals surface area contributed by atoms with Crippen LogP contribution in [0, 0.1) is 17.1 Å². The van der Waals surface area contributed by atoms with Crippen molar-refractivity contribution in [3.63, 3.8) is 0 Å². The van der Waals surface area contributed by atoms with Crippen LogP contribution in [0.4, 0.5) is 28.9 Å². The zero-order valence-corrected chi connectivity index (χ0v) is 19.3. The van der Waals surface area contributed by atoms with Crippen LogP contribution in [-0.2, 0) is 15.7 Å². The van der Waals surface area contributed by atoms with E-state index in [4.69, 9.17) is 27.0 Å². The summed E-state index contributed by atoms with van der Waals surface area (Å²) in [5.41, 5.74) is -3.15. The minimum atomic E-state index is -4.82. The van der Waals surface area contributed by atoms with Gasteiger partial charge in [0, 0.05) is 11.8 Å². The second-order valence-electron chi connectivity index (χ2n) is 8.53. The Morgan fingerprint density at radius 3 is 2.46 bits per heavy atom. The number of amides is 1. The van der Waals surface area contributed by atoms with Crippen LogP contribution in [0.3, 0.4) is 0 Å². The number of alkyl halides is 3. The quantitative estimate of drug-likeness (QED) is 0.496. The second-order valence-corrected chi connectivity index (χ2v) is 8.90. The first-order valence-corrected chi connectivity index (χ1v) is 10.8. The molecule has 2 aliphatic rings. The maximum atomic E-state index is 14.9. The van der Waals surface area contributed by atoms with Gasteiger partial charge in [0.1, 0.15) is 11.6 Å². The minimum Gasteiger partial charge on any atom is -0.482 e. The van der Waals surface area contributed by atoms with Crippen molar-refractivity contribution in [3.05, 3.63) is 53.3 Å². The molecule has 2 aliphatic heterocycles. The highest BCUT2D eigenvalue weighted by atomic mass is 32.1. The van der Waals surface area contributed by atoms with Crippen molar-refractivity contribution in [2.75, 3.05) is 23.0 Å². The Morgan fingerprint density at radius 1 is 1.20 bits per heavy atom. The number of benzene rings is 2. The molecule has 7 nitrogen and oxygen atoms in total. The van der Waals surface area contributed by atoms with Gasteiger partial charge in [-0.3, -0.25) is 9.69 Å². The van der Waals surface area contributed by atoms with Gasteiger partial charge in [-0.05, 0) is 56.4 Å². The van der Waals surface area contributed by atoms with Crippen molar-refractivity contribution >= 4 is 34.6 Å². The molecule has 0 aromatic heterocycles. The van der Waals surface area contributed by atoms with E-state index < -0.39 is 46.8 Å². The predicted molar refractivity (Wildman–Crippen MR) is 120 cm³/mol. The van der Waals surface area contributed by atoms with Crippen LogP contribution in [0.5, 0.6) is 5.75 Å². The van der Waals surface area contributed by atoms with E-state index in [9.17, 15) is 27.5 Å². The fourth-order valence-corrected chi connectivity index (χ4v) is 4.50. The molecular weight excluding hydrogens is 490 g/mol. The van der Waals surface area contributed by atoms with E-state index in [0.717, 1.165) is 17.0 Å². The summed E-state index contributed by atoms with van der Waals surface area (Å²) < 4.78 is 65.8. The molecule has 12 heteroatoms. The summed E-state index contributed by atoms with van der Waals surface area (Å²) in [4.78, 5) is 15.5. The highest BCUT2D eigenvalue weighted by molar-refractivity contribution is 7.81. The second kappa shape index (κ2) is 8.75. The lowest BCUT2D eigenvalue weighted by Crippen LogP contribution is -2.44. The number of nitrogens with zero attached hydrogens (tertiary/aromatic N) is 3. The fourth-order valence-electron chi connectivity index (χ4n) is 3.98. The lowest BCUT2D eigenvalue weighted by atomic mass is 10.0. The zero-order valence-electron chi connectivity index (χ0n) is 18.5. The van der Waals surface area contributed by atoms with Crippen LogP contribution >= 0.6 is 12.2 Å². The van der Waals surface area contributed by atoms with Crippen LogP contribution in [0.25, 0.3) is 0 Å². The number of aliphatic hydroxyl groups excluding tert-OH is 1. The molecule has 2 fully saturated rings. The number of rotatable bonds is 4. The van der Waals surface area contributed by atoms with E-state index in [0.29, 0.717) is 6.07 Å². The summed E-state index contributed by atoms with van der Waals surface area (Å²) in [6.45, 7) is 3.18. The predicted octanol–water partition coefficient (Wildman–Crippen LogP) is 3.77. The molecule has 184 valence electrons. The van der Waals surface area contributed by atoms with Gasteiger partial charge in [0.2, 0.25) is 0 Å². The van der Waals surface area contributed by atoms with Crippen LogP contribution < -0.4 is 14.5 Å². The highest BCUT2D eigenvalue weighted by Crippen LogP contribution is 2.40. The number of ether oxygens (including phenoxy) is 2. The van der Waals surface area contributed by atoms with Crippen LogP contribution in [0.15, 0.2) is 36.4 Å². The Balaban J connectivity index is 1.68. The van der Waals surface area contributed by atoms with Gasteiger partial charge in [0.25, 0.3) is 5.91 Å². The number of nitriles is 1. The first-order valence-electron chi connectivity index (χ1n) is 10.4. The summed E-state index contributed by atoms with van der Waals surface area (Å²) >= 11 is 5.44. The highest BCUT2D eigenvalue weighted by Gasteiger charge is 2.51. The summed E-state index contributed by atoms with van der Waals surface area (Å²) in [7, 11) is 0.